The second-order valence-corrected chi connectivity index (χ2v) is 17.4. The zero-order valence-electron chi connectivity index (χ0n) is 38.3. The minimum atomic E-state index is -1.35. The highest BCUT2D eigenvalue weighted by atomic mass is 16.4. The van der Waals surface area contributed by atoms with Gasteiger partial charge in [-0.05, 0) is 68.5 Å². The van der Waals surface area contributed by atoms with Gasteiger partial charge in [-0.25, -0.2) is 4.68 Å². The Morgan fingerprint density at radius 1 is 0.682 bits per heavy atom. The van der Waals surface area contributed by atoms with E-state index >= 15 is 0 Å². The number of rotatable bonds is 14. The van der Waals surface area contributed by atoms with Gasteiger partial charge in [0.05, 0.1) is 12.7 Å². The molecule has 0 saturated heterocycles. The van der Waals surface area contributed by atoms with Crippen molar-refractivity contribution >= 4 is 47.3 Å². The van der Waals surface area contributed by atoms with Gasteiger partial charge >= 0.3 is 5.97 Å². The molecule has 2 aromatic carbocycles. The summed E-state index contributed by atoms with van der Waals surface area (Å²) >= 11 is 0. The summed E-state index contributed by atoms with van der Waals surface area (Å²) in [5.74, 6) is -6.68. The van der Waals surface area contributed by atoms with Gasteiger partial charge in [0.1, 0.15) is 48.0 Å². The van der Waals surface area contributed by atoms with Crippen molar-refractivity contribution in [1.82, 2.24) is 52.2 Å². The van der Waals surface area contributed by atoms with Crippen LogP contribution < -0.4 is 43.0 Å². The molecule has 10 N–H and O–H groups in total. The number of nitrogens with one attached hydrogen (secondary N) is 7. The molecule has 358 valence electrons. The van der Waals surface area contributed by atoms with Gasteiger partial charge in [-0.3, -0.25) is 38.4 Å². The Morgan fingerprint density at radius 2 is 1.23 bits per heavy atom. The van der Waals surface area contributed by atoms with Gasteiger partial charge in [0, 0.05) is 19.3 Å². The second-order valence-electron chi connectivity index (χ2n) is 17.4. The van der Waals surface area contributed by atoms with Gasteiger partial charge in [-0.2, -0.15) is 0 Å². The summed E-state index contributed by atoms with van der Waals surface area (Å²) in [6.07, 6.45) is 2.24. The molecule has 2 bridgehead atoms. The molecule has 66 heavy (non-hydrogen) atoms. The van der Waals surface area contributed by atoms with Crippen LogP contribution in [0.1, 0.15) is 96.0 Å². The number of aromatic nitrogens is 3. The highest BCUT2D eigenvalue weighted by Crippen LogP contribution is 2.18. The van der Waals surface area contributed by atoms with Crippen molar-refractivity contribution in [3.05, 3.63) is 83.7 Å². The Labute approximate surface area is 384 Å². The molecule has 0 unspecified atom stereocenters. The minimum absolute atomic E-state index is 0.00295. The van der Waals surface area contributed by atoms with Crippen LogP contribution in [0, 0.1) is 11.8 Å². The number of unbranched alkanes of at least 4 members (excludes halogenated alkanes) is 1. The van der Waals surface area contributed by atoms with Crippen molar-refractivity contribution < 1.29 is 43.5 Å². The van der Waals surface area contributed by atoms with Crippen molar-refractivity contribution in [2.75, 3.05) is 6.54 Å². The SMILES string of the molecule is CC(C)C[C@@H]1NC(=O)[C@H](CCCCN)n2cc(nn2)CNC(=O)[C@H](CCC(=O)O)NC(=O)[C@H](C)NC(=O)[C@H](Cc2ccccc2)NC(=O)[C@H](Cc2ccccc2)NC(=O)[C@H](C(C)C)NC1=O. The summed E-state index contributed by atoms with van der Waals surface area (Å²) in [5.41, 5.74) is 7.35. The number of carboxylic acid groups (broad SMARTS) is 1. The van der Waals surface area contributed by atoms with E-state index in [4.69, 9.17) is 5.73 Å². The second kappa shape index (κ2) is 25.7. The fraction of sp³-hybridized carbons (Fsp3) is 0.522. The maximum absolute atomic E-state index is 14.4. The third-order valence-corrected chi connectivity index (χ3v) is 11.0. The fourth-order valence-corrected chi connectivity index (χ4v) is 7.34. The minimum Gasteiger partial charge on any atom is -0.481 e. The van der Waals surface area contributed by atoms with Gasteiger partial charge in [0.25, 0.3) is 0 Å². The quantitative estimate of drug-likeness (QED) is 0.100. The third-order valence-electron chi connectivity index (χ3n) is 11.0. The largest absolute Gasteiger partial charge is 0.481 e. The molecule has 1 aromatic heterocycles. The summed E-state index contributed by atoms with van der Waals surface area (Å²) in [4.78, 5) is 110. The average molecular weight is 916 g/mol. The number of carboxylic acids is 1. The lowest BCUT2D eigenvalue weighted by Gasteiger charge is -2.29. The lowest BCUT2D eigenvalue weighted by atomic mass is 9.98. The predicted octanol–water partition coefficient (Wildman–Crippen LogP) is 0.559. The van der Waals surface area contributed by atoms with E-state index < -0.39 is 102 Å². The van der Waals surface area contributed by atoms with Crippen LogP contribution in [-0.2, 0) is 57.7 Å². The number of fused-ring (bicyclic) bond motifs is 2. The first kappa shape index (κ1) is 51.9. The summed E-state index contributed by atoms with van der Waals surface area (Å²) in [7, 11) is 0. The van der Waals surface area contributed by atoms with E-state index in [0.29, 0.717) is 30.5 Å². The van der Waals surface area contributed by atoms with Crippen LogP contribution in [0.2, 0.25) is 0 Å². The first-order valence-corrected chi connectivity index (χ1v) is 22.5. The molecule has 0 saturated carbocycles. The van der Waals surface area contributed by atoms with Gasteiger partial charge in [-0.1, -0.05) is 93.6 Å². The number of carbonyl (C=O) groups is 8. The fourth-order valence-electron chi connectivity index (χ4n) is 7.34. The Balaban J connectivity index is 1.77. The molecule has 0 fully saturated rings. The van der Waals surface area contributed by atoms with Crippen molar-refractivity contribution in [1.29, 1.82) is 0 Å². The van der Waals surface area contributed by atoms with Gasteiger partial charge in [0.15, 0.2) is 0 Å². The van der Waals surface area contributed by atoms with Crippen LogP contribution in [0.25, 0.3) is 0 Å². The highest BCUT2D eigenvalue weighted by molar-refractivity contribution is 5.97. The smallest absolute Gasteiger partial charge is 0.303 e. The van der Waals surface area contributed by atoms with Crippen molar-refractivity contribution in [3.63, 3.8) is 0 Å². The van der Waals surface area contributed by atoms with Gasteiger partial charge in [0.2, 0.25) is 41.4 Å². The first-order chi connectivity index (χ1) is 31.4. The van der Waals surface area contributed by atoms with E-state index in [0.717, 1.165) is 0 Å². The average Bonchev–Trinajstić information content (AvgIpc) is 3.75. The molecule has 3 aromatic rings. The number of hydrogen-bond acceptors (Lipinski definition) is 11. The zero-order chi connectivity index (χ0) is 48.3. The molecule has 1 aliphatic rings. The summed E-state index contributed by atoms with van der Waals surface area (Å²) in [6.45, 7) is 8.75. The number of hydrogen-bond donors (Lipinski definition) is 9. The number of nitrogens with two attached hydrogens (primary N) is 1. The highest BCUT2D eigenvalue weighted by Gasteiger charge is 2.35. The number of carbonyl (C=O) groups excluding carboxylic acids is 7. The summed E-state index contributed by atoms with van der Waals surface area (Å²) in [6, 6.07) is 9.31. The van der Waals surface area contributed by atoms with Crippen LogP contribution in [0.3, 0.4) is 0 Å². The maximum atomic E-state index is 14.4. The molecule has 1 aliphatic heterocycles. The zero-order valence-corrected chi connectivity index (χ0v) is 38.3. The molecular weight excluding hydrogens is 851 g/mol. The van der Waals surface area contributed by atoms with Crippen LogP contribution in [0.5, 0.6) is 0 Å². The van der Waals surface area contributed by atoms with E-state index in [2.05, 4.69) is 47.5 Å². The van der Waals surface area contributed by atoms with E-state index in [1.807, 2.05) is 13.8 Å². The molecular formula is C46H65N11O9. The van der Waals surface area contributed by atoms with Gasteiger partial charge in [-0.15, -0.1) is 5.10 Å². The number of aliphatic carboxylic acids is 1. The summed E-state index contributed by atoms with van der Waals surface area (Å²) < 4.78 is 1.32. The predicted molar refractivity (Wildman–Crippen MR) is 243 cm³/mol. The molecule has 0 spiro atoms. The van der Waals surface area contributed by atoms with Gasteiger partial charge < -0.3 is 48.1 Å². The van der Waals surface area contributed by atoms with E-state index in [9.17, 15) is 43.5 Å². The van der Waals surface area contributed by atoms with Crippen molar-refractivity contribution in [2.24, 2.45) is 17.6 Å². The molecule has 4 rings (SSSR count). The molecule has 20 heteroatoms. The number of amides is 7. The molecule has 20 nitrogen and oxygen atoms in total. The number of benzene rings is 2. The Kier molecular flexibility index (Phi) is 20.2. The lowest BCUT2D eigenvalue weighted by molar-refractivity contribution is -0.138. The monoisotopic (exact) mass is 915 g/mol. The van der Waals surface area contributed by atoms with Crippen molar-refractivity contribution in [2.45, 2.75) is 135 Å². The van der Waals surface area contributed by atoms with E-state index in [1.165, 1.54) is 17.8 Å². The Hall–Kier alpha value is -6.70. The molecule has 0 radical (unpaired) electrons. The molecule has 2 heterocycles. The standard InChI is InChI=1S/C46H65N11O9/c1-27(2)22-34-44(64)54-39(28(3)4)46(66)53-36(24-31-16-10-7-11-17-31)43(63)51-35(23-30-14-8-6-9-15-30)42(62)49-29(5)40(60)50-33(19-20-38(58)59)41(61)48-25-32-26-57(56-55-32)37(45(65)52-34)18-12-13-21-47/h6-11,14-17,26-29,33-37,39H,12-13,18-25,47H2,1-5H3,(H,48,61)(H,49,62)(H,50,60)(H,51,63)(H,52,65)(H,53,66)(H,54,64)(H,58,59)/t29-,33-,34-,35-,36-,37-,39-/m0/s1. The maximum Gasteiger partial charge on any atom is 0.303 e. The Bertz CT molecular complexity index is 2120. The first-order valence-electron chi connectivity index (χ1n) is 22.5. The van der Waals surface area contributed by atoms with Crippen molar-refractivity contribution in [3.8, 4) is 0 Å². The molecule has 7 atom stereocenters. The number of nitrogens with zero attached hydrogens (tertiary/aromatic N) is 3. The topological polar surface area (TPSA) is 298 Å². The van der Waals surface area contributed by atoms with E-state index in [-0.39, 0.29) is 50.3 Å². The normalized spacial score (nSPS) is 23.3. The third kappa shape index (κ3) is 16.4. The van der Waals surface area contributed by atoms with Crippen LogP contribution in [0.4, 0.5) is 0 Å². The molecule has 7 amide bonds. The molecule has 0 aliphatic carbocycles. The van der Waals surface area contributed by atoms with E-state index in [1.54, 1.807) is 74.5 Å². The lowest BCUT2D eigenvalue weighted by Crippen LogP contribution is -2.61. The Morgan fingerprint density at radius 3 is 1.79 bits per heavy atom. The summed E-state index contributed by atoms with van der Waals surface area (Å²) in [5, 5.41) is 36.8. The van der Waals surface area contributed by atoms with Crippen LogP contribution >= 0.6 is 0 Å². The van der Waals surface area contributed by atoms with Crippen LogP contribution in [-0.4, -0.2) is 110 Å². The van der Waals surface area contributed by atoms with Crippen LogP contribution in [0.15, 0.2) is 66.9 Å².